The van der Waals surface area contributed by atoms with Gasteiger partial charge in [-0.2, -0.15) is 0 Å². The van der Waals surface area contributed by atoms with E-state index in [-0.39, 0.29) is 12.3 Å². The highest BCUT2D eigenvalue weighted by atomic mass is 127. The van der Waals surface area contributed by atoms with Gasteiger partial charge in [0.25, 0.3) is 15.7 Å². The Morgan fingerprint density at radius 2 is 1.92 bits per heavy atom. The van der Waals surface area contributed by atoms with Gasteiger partial charge in [-0.3, -0.25) is 19.2 Å². The van der Waals surface area contributed by atoms with Gasteiger partial charge in [-0.15, -0.1) is 0 Å². The van der Waals surface area contributed by atoms with Crippen molar-refractivity contribution in [1.82, 2.24) is 0 Å². The lowest BCUT2D eigenvalue weighted by Gasteiger charge is -2.23. The number of para-hydroxylation sites is 1. The molecule has 0 aliphatic carbocycles. The number of hydrogen-bond acceptors (Lipinski definition) is 6. The van der Waals surface area contributed by atoms with Crippen molar-refractivity contribution in [3.63, 3.8) is 0 Å². The summed E-state index contributed by atoms with van der Waals surface area (Å²) in [6.45, 7) is 1.09. The number of carbonyl (C=O) groups excluding carboxylic acids is 1. The van der Waals surface area contributed by atoms with Crippen molar-refractivity contribution in [3.8, 4) is 0 Å². The van der Waals surface area contributed by atoms with Crippen LogP contribution in [0, 0.1) is 13.7 Å². The summed E-state index contributed by atoms with van der Waals surface area (Å²) in [5, 5.41) is 11.2. The third-order valence-corrected chi connectivity index (χ3v) is 5.80. The van der Waals surface area contributed by atoms with Gasteiger partial charge in [0.1, 0.15) is 6.54 Å². The number of hydrogen-bond donors (Lipinski definition) is 0. The van der Waals surface area contributed by atoms with Gasteiger partial charge in [0.05, 0.1) is 17.2 Å². The fourth-order valence-corrected chi connectivity index (χ4v) is 4.30. The smallest absolute Gasteiger partial charge is 0.326 e. The fraction of sp³-hybridized carbons (Fsp3) is 0.188. The Morgan fingerprint density at radius 1 is 1.23 bits per heavy atom. The zero-order valence-electron chi connectivity index (χ0n) is 13.7. The maximum Gasteiger partial charge on any atom is 0.326 e. The molecule has 0 atom stereocenters. The molecule has 0 bridgehead atoms. The summed E-state index contributed by atoms with van der Waals surface area (Å²) in [6.07, 6.45) is 0. The number of halogens is 1. The highest BCUT2D eigenvalue weighted by Gasteiger charge is 2.33. The zero-order valence-corrected chi connectivity index (χ0v) is 16.6. The molecule has 2 aromatic rings. The Labute approximate surface area is 164 Å². The van der Waals surface area contributed by atoms with E-state index in [0.717, 1.165) is 20.0 Å². The summed E-state index contributed by atoms with van der Waals surface area (Å²) in [5.74, 6) is -0.756. The number of rotatable bonds is 7. The Kier molecular flexibility index (Phi) is 6.53. The van der Waals surface area contributed by atoms with Crippen LogP contribution in [0.4, 0.5) is 11.4 Å². The summed E-state index contributed by atoms with van der Waals surface area (Å²) in [6, 6.07) is 11.5. The van der Waals surface area contributed by atoms with Gasteiger partial charge in [-0.05, 0) is 53.8 Å². The van der Waals surface area contributed by atoms with Crippen molar-refractivity contribution in [3.05, 3.63) is 62.2 Å². The minimum Gasteiger partial charge on any atom is -0.465 e. The molecular formula is C16H15IN2O6S. The van der Waals surface area contributed by atoms with E-state index in [1.54, 1.807) is 25.1 Å². The second-order valence-corrected chi connectivity index (χ2v) is 8.10. The van der Waals surface area contributed by atoms with Crippen LogP contribution >= 0.6 is 22.6 Å². The fourth-order valence-electron chi connectivity index (χ4n) is 2.22. The summed E-state index contributed by atoms with van der Waals surface area (Å²) < 4.78 is 32.7. The van der Waals surface area contributed by atoms with E-state index in [1.807, 2.05) is 22.6 Å². The molecule has 0 spiro atoms. The molecule has 0 radical (unpaired) electrons. The molecule has 0 saturated carbocycles. The Hall–Kier alpha value is -2.21. The van der Waals surface area contributed by atoms with Gasteiger partial charge in [0, 0.05) is 9.64 Å². The van der Waals surface area contributed by atoms with E-state index < -0.39 is 38.0 Å². The van der Waals surface area contributed by atoms with Gasteiger partial charge >= 0.3 is 5.97 Å². The third kappa shape index (κ3) is 4.49. The van der Waals surface area contributed by atoms with Gasteiger partial charge in [0.15, 0.2) is 4.90 Å². The summed E-state index contributed by atoms with van der Waals surface area (Å²) in [5.41, 5.74) is -0.352. The molecule has 0 amide bonds. The molecular weight excluding hydrogens is 475 g/mol. The molecule has 0 fully saturated rings. The third-order valence-electron chi connectivity index (χ3n) is 3.30. The predicted octanol–water partition coefficient (Wildman–Crippen LogP) is 2.96. The van der Waals surface area contributed by atoms with Crippen LogP contribution in [-0.4, -0.2) is 32.5 Å². The number of nitrogens with zero attached hydrogens (tertiary/aromatic N) is 2. The molecule has 0 aromatic heterocycles. The van der Waals surface area contributed by atoms with Crippen LogP contribution < -0.4 is 4.31 Å². The van der Waals surface area contributed by atoms with E-state index in [4.69, 9.17) is 4.74 Å². The number of sulfonamides is 1. The number of esters is 1. The van der Waals surface area contributed by atoms with Crippen LogP contribution in [0.5, 0.6) is 0 Å². The standard InChI is InChI=1S/C16H15IN2O6S/c1-2-25-16(20)11-18(13-7-5-6-12(17)10-13)26(23,24)15-9-4-3-8-14(15)19(21)22/h3-10H,2,11H2,1H3. The van der Waals surface area contributed by atoms with Gasteiger partial charge in [-0.1, -0.05) is 18.2 Å². The van der Waals surface area contributed by atoms with E-state index in [2.05, 4.69) is 0 Å². The van der Waals surface area contributed by atoms with Crippen molar-refractivity contribution < 1.29 is 22.9 Å². The van der Waals surface area contributed by atoms with E-state index in [1.165, 1.54) is 18.2 Å². The zero-order chi connectivity index (χ0) is 19.3. The van der Waals surface area contributed by atoms with Crippen LogP contribution in [0.15, 0.2) is 53.4 Å². The van der Waals surface area contributed by atoms with Crippen LogP contribution in [-0.2, 0) is 19.6 Å². The molecule has 26 heavy (non-hydrogen) atoms. The topological polar surface area (TPSA) is 107 Å². The molecule has 0 N–H and O–H groups in total. The van der Waals surface area contributed by atoms with E-state index in [9.17, 15) is 23.3 Å². The quantitative estimate of drug-likeness (QED) is 0.256. The highest BCUT2D eigenvalue weighted by molar-refractivity contribution is 14.1. The second kappa shape index (κ2) is 8.45. The number of ether oxygens (including phenoxy) is 1. The Bertz CT molecular complexity index is 932. The molecule has 2 aromatic carbocycles. The lowest BCUT2D eigenvalue weighted by atomic mass is 10.3. The first-order chi connectivity index (χ1) is 12.3. The number of nitro benzene ring substituents is 1. The number of nitro groups is 1. The largest absolute Gasteiger partial charge is 0.465 e. The van der Waals surface area contributed by atoms with Crippen molar-refractivity contribution in [2.45, 2.75) is 11.8 Å². The summed E-state index contributed by atoms with van der Waals surface area (Å²) >= 11 is 2.00. The van der Waals surface area contributed by atoms with Gasteiger partial charge < -0.3 is 4.74 Å². The highest BCUT2D eigenvalue weighted by Crippen LogP contribution is 2.30. The molecule has 138 valence electrons. The first kappa shape index (κ1) is 20.1. The first-order valence-corrected chi connectivity index (χ1v) is 9.96. The minimum absolute atomic E-state index is 0.0878. The van der Waals surface area contributed by atoms with E-state index >= 15 is 0 Å². The molecule has 0 unspecified atom stereocenters. The van der Waals surface area contributed by atoms with E-state index in [0.29, 0.717) is 0 Å². The van der Waals surface area contributed by atoms with Gasteiger partial charge in [-0.25, -0.2) is 8.42 Å². The SMILES string of the molecule is CCOC(=O)CN(c1cccc(I)c1)S(=O)(=O)c1ccccc1[N+](=O)[O-]. The maximum atomic E-state index is 13.1. The minimum atomic E-state index is -4.37. The normalized spacial score (nSPS) is 11.0. The number of benzene rings is 2. The number of carbonyl (C=O) groups is 1. The molecule has 10 heteroatoms. The molecule has 0 aliphatic heterocycles. The first-order valence-electron chi connectivity index (χ1n) is 7.44. The van der Waals surface area contributed by atoms with Crippen molar-refractivity contribution in [2.24, 2.45) is 0 Å². The average Bonchev–Trinajstić information content (AvgIpc) is 2.59. The summed E-state index contributed by atoms with van der Waals surface area (Å²) in [4.78, 5) is 21.9. The molecule has 2 rings (SSSR count). The van der Waals surface area contributed by atoms with Crippen LogP contribution in [0.3, 0.4) is 0 Å². The van der Waals surface area contributed by atoms with Crippen molar-refractivity contribution in [2.75, 3.05) is 17.5 Å². The number of anilines is 1. The molecule has 0 aliphatic rings. The Balaban J connectivity index is 2.60. The second-order valence-electron chi connectivity index (χ2n) is 5.02. The molecule has 0 saturated heterocycles. The van der Waals surface area contributed by atoms with Crippen LogP contribution in [0.25, 0.3) is 0 Å². The lowest BCUT2D eigenvalue weighted by Crippen LogP contribution is -2.37. The average molecular weight is 490 g/mol. The Morgan fingerprint density at radius 3 is 2.54 bits per heavy atom. The lowest BCUT2D eigenvalue weighted by molar-refractivity contribution is -0.387. The monoisotopic (exact) mass is 490 g/mol. The maximum absolute atomic E-state index is 13.1. The molecule has 8 nitrogen and oxygen atoms in total. The van der Waals surface area contributed by atoms with Crippen LogP contribution in [0.1, 0.15) is 6.92 Å². The van der Waals surface area contributed by atoms with Crippen molar-refractivity contribution in [1.29, 1.82) is 0 Å². The van der Waals surface area contributed by atoms with Crippen LogP contribution in [0.2, 0.25) is 0 Å². The summed E-state index contributed by atoms with van der Waals surface area (Å²) in [7, 11) is -4.37. The molecule has 0 heterocycles. The van der Waals surface area contributed by atoms with Crippen molar-refractivity contribution >= 4 is 50.0 Å². The van der Waals surface area contributed by atoms with Gasteiger partial charge in [0.2, 0.25) is 0 Å². The predicted molar refractivity (Wildman–Crippen MR) is 103 cm³/mol.